The highest BCUT2D eigenvalue weighted by Crippen LogP contribution is 2.32. The molecule has 0 saturated heterocycles. The van der Waals surface area contributed by atoms with Crippen molar-refractivity contribution in [3.05, 3.63) is 53.6 Å². The minimum atomic E-state index is -3.74. The zero-order chi connectivity index (χ0) is 18.1. The molecule has 0 bridgehead atoms. The lowest BCUT2D eigenvalue weighted by molar-refractivity contribution is 0.0951. The van der Waals surface area contributed by atoms with Crippen LogP contribution in [0.3, 0.4) is 0 Å². The molecule has 1 heterocycles. The van der Waals surface area contributed by atoms with Gasteiger partial charge in [-0.05, 0) is 48.7 Å². The second kappa shape index (κ2) is 6.62. The summed E-state index contributed by atoms with van der Waals surface area (Å²) in [7, 11) is -3.74. The molecule has 0 unspecified atom stereocenters. The number of rotatable bonds is 6. The normalized spacial score (nSPS) is 15.7. The van der Waals surface area contributed by atoms with Crippen LogP contribution >= 0.6 is 0 Å². The first-order valence-corrected chi connectivity index (χ1v) is 9.79. The molecule has 2 aromatic carbocycles. The summed E-state index contributed by atoms with van der Waals surface area (Å²) in [5.74, 6) is 0.992. The number of amides is 1. The molecule has 8 heteroatoms. The molecular formula is C18H18N2O5S. The molecule has 2 aromatic rings. The van der Waals surface area contributed by atoms with Gasteiger partial charge in [-0.15, -0.1) is 0 Å². The van der Waals surface area contributed by atoms with Crippen LogP contribution in [-0.2, 0) is 16.6 Å². The molecule has 1 saturated carbocycles. The molecule has 1 aliphatic heterocycles. The van der Waals surface area contributed by atoms with Crippen LogP contribution in [-0.4, -0.2) is 27.2 Å². The van der Waals surface area contributed by atoms with E-state index in [1.165, 1.54) is 12.1 Å². The summed E-state index contributed by atoms with van der Waals surface area (Å²) >= 11 is 0. The third-order valence-corrected chi connectivity index (χ3v) is 5.62. The lowest BCUT2D eigenvalue weighted by Gasteiger charge is -2.09. The highest BCUT2D eigenvalue weighted by Gasteiger charge is 2.24. The molecule has 4 rings (SSSR count). The zero-order valence-electron chi connectivity index (χ0n) is 13.9. The number of carbonyl (C=O) groups excluding carboxylic acids is 1. The lowest BCUT2D eigenvalue weighted by atomic mass is 10.2. The maximum atomic E-state index is 12.5. The molecule has 0 aromatic heterocycles. The fourth-order valence-electron chi connectivity index (χ4n) is 2.61. The predicted octanol–water partition coefficient (Wildman–Crippen LogP) is 1.79. The van der Waals surface area contributed by atoms with Crippen molar-refractivity contribution in [3.8, 4) is 11.5 Å². The largest absolute Gasteiger partial charge is 0.454 e. The molecule has 1 fully saturated rings. The minimum absolute atomic E-state index is 0.0571. The maximum Gasteiger partial charge on any atom is 0.251 e. The van der Waals surface area contributed by atoms with Crippen LogP contribution in [0, 0.1) is 0 Å². The fourth-order valence-corrected chi connectivity index (χ4v) is 3.68. The Hall–Kier alpha value is -2.58. The van der Waals surface area contributed by atoms with Crippen LogP contribution < -0.4 is 19.5 Å². The Bertz CT molecular complexity index is 954. The van der Waals surface area contributed by atoms with Gasteiger partial charge in [-0.1, -0.05) is 12.1 Å². The van der Waals surface area contributed by atoms with Crippen molar-refractivity contribution >= 4 is 15.9 Å². The Morgan fingerprint density at radius 2 is 1.88 bits per heavy atom. The summed E-state index contributed by atoms with van der Waals surface area (Å²) in [6.07, 6.45) is 1.95. The van der Waals surface area contributed by atoms with Gasteiger partial charge in [0.05, 0.1) is 4.90 Å². The second-order valence-electron chi connectivity index (χ2n) is 6.29. The molecule has 1 amide bonds. The summed E-state index contributed by atoms with van der Waals surface area (Å²) in [5.41, 5.74) is 1.09. The molecular weight excluding hydrogens is 356 g/mol. The van der Waals surface area contributed by atoms with E-state index < -0.39 is 10.0 Å². The summed E-state index contributed by atoms with van der Waals surface area (Å²) in [5, 5.41) is 2.85. The van der Waals surface area contributed by atoms with E-state index >= 15 is 0 Å². The van der Waals surface area contributed by atoms with Crippen LogP contribution in [0.4, 0.5) is 0 Å². The highest BCUT2D eigenvalue weighted by molar-refractivity contribution is 7.89. The molecule has 136 valence electrons. The molecule has 26 heavy (non-hydrogen) atoms. The van der Waals surface area contributed by atoms with E-state index in [0.29, 0.717) is 17.1 Å². The molecule has 0 radical (unpaired) electrons. The van der Waals surface area contributed by atoms with E-state index in [4.69, 9.17) is 9.47 Å². The third kappa shape index (κ3) is 3.66. The average molecular weight is 374 g/mol. The zero-order valence-corrected chi connectivity index (χ0v) is 14.7. The van der Waals surface area contributed by atoms with Crippen molar-refractivity contribution in [2.45, 2.75) is 30.3 Å². The van der Waals surface area contributed by atoms with Crippen molar-refractivity contribution in [1.29, 1.82) is 0 Å². The number of hydrogen-bond acceptors (Lipinski definition) is 5. The van der Waals surface area contributed by atoms with Crippen LogP contribution in [0.2, 0.25) is 0 Å². The Kier molecular flexibility index (Phi) is 4.29. The Morgan fingerprint density at radius 1 is 1.08 bits per heavy atom. The second-order valence-corrected chi connectivity index (χ2v) is 8.05. The summed E-state index contributed by atoms with van der Waals surface area (Å²) in [6.45, 7) is 0.275. The van der Waals surface area contributed by atoms with E-state index in [2.05, 4.69) is 10.0 Å². The molecule has 1 aliphatic carbocycles. The number of benzene rings is 2. The molecule has 7 nitrogen and oxygen atoms in total. The van der Waals surface area contributed by atoms with Gasteiger partial charge in [-0.2, -0.15) is 0 Å². The first kappa shape index (κ1) is 16.9. The minimum Gasteiger partial charge on any atom is -0.454 e. The number of ether oxygens (including phenoxy) is 2. The van der Waals surface area contributed by atoms with E-state index in [0.717, 1.165) is 18.4 Å². The Balaban J connectivity index is 1.46. The van der Waals surface area contributed by atoms with E-state index in [1.54, 1.807) is 30.3 Å². The molecule has 0 atom stereocenters. The SMILES string of the molecule is O=C(NC1CC1)c1cccc(S(=O)(=O)NCc2ccc3c(c2)OCO3)c1. The van der Waals surface area contributed by atoms with Gasteiger partial charge in [0.2, 0.25) is 16.8 Å². The highest BCUT2D eigenvalue weighted by atomic mass is 32.2. The standard InChI is InChI=1S/C18H18N2O5S/c21-18(20-14-5-6-14)13-2-1-3-15(9-13)26(22,23)19-10-12-4-7-16-17(8-12)25-11-24-16/h1-4,7-9,14,19H,5-6,10-11H2,(H,20,21). The van der Waals surface area contributed by atoms with Gasteiger partial charge in [-0.25, -0.2) is 13.1 Å². The van der Waals surface area contributed by atoms with Gasteiger partial charge < -0.3 is 14.8 Å². The smallest absolute Gasteiger partial charge is 0.251 e. The van der Waals surface area contributed by atoms with Crippen molar-refractivity contribution < 1.29 is 22.7 Å². The monoisotopic (exact) mass is 374 g/mol. The van der Waals surface area contributed by atoms with E-state index in [-0.39, 0.29) is 30.2 Å². The summed E-state index contributed by atoms with van der Waals surface area (Å²) in [4.78, 5) is 12.2. The van der Waals surface area contributed by atoms with Gasteiger partial charge in [0.25, 0.3) is 5.91 Å². The first-order chi connectivity index (χ1) is 12.5. The molecule has 2 aliphatic rings. The predicted molar refractivity (Wildman–Crippen MR) is 93.5 cm³/mol. The number of fused-ring (bicyclic) bond motifs is 1. The number of carbonyl (C=O) groups is 1. The van der Waals surface area contributed by atoms with E-state index in [1.807, 2.05) is 0 Å². The summed E-state index contributed by atoms with van der Waals surface area (Å²) < 4.78 is 38.2. The number of hydrogen-bond donors (Lipinski definition) is 2. The number of sulfonamides is 1. The summed E-state index contributed by atoms with van der Waals surface area (Å²) in [6, 6.07) is 11.5. The van der Waals surface area contributed by atoms with Crippen LogP contribution in [0.1, 0.15) is 28.8 Å². The van der Waals surface area contributed by atoms with Gasteiger partial charge >= 0.3 is 0 Å². The lowest BCUT2D eigenvalue weighted by Crippen LogP contribution is -2.26. The van der Waals surface area contributed by atoms with Gasteiger partial charge in [0, 0.05) is 18.2 Å². The molecule has 0 spiro atoms. The fraction of sp³-hybridized carbons (Fsp3) is 0.278. The topological polar surface area (TPSA) is 93.7 Å². The van der Waals surface area contributed by atoms with Crippen LogP contribution in [0.15, 0.2) is 47.4 Å². The average Bonchev–Trinajstić information content (AvgIpc) is 3.33. The quantitative estimate of drug-likeness (QED) is 0.804. The van der Waals surface area contributed by atoms with Crippen LogP contribution in [0.5, 0.6) is 11.5 Å². The van der Waals surface area contributed by atoms with Crippen molar-refractivity contribution in [2.75, 3.05) is 6.79 Å². The van der Waals surface area contributed by atoms with Gasteiger partial charge in [-0.3, -0.25) is 4.79 Å². The Labute approximate surface area is 151 Å². The van der Waals surface area contributed by atoms with Gasteiger partial charge in [0.1, 0.15) is 0 Å². The van der Waals surface area contributed by atoms with Crippen molar-refractivity contribution in [3.63, 3.8) is 0 Å². The third-order valence-electron chi connectivity index (χ3n) is 4.22. The van der Waals surface area contributed by atoms with Crippen LogP contribution in [0.25, 0.3) is 0 Å². The Morgan fingerprint density at radius 3 is 2.69 bits per heavy atom. The van der Waals surface area contributed by atoms with Gasteiger partial charge in [0.15, 0.2) is 11.5 Å². The maximum absolute atomic E-state index is 12.5. The van der Waals surface area contributed by atoms with Crippen molar-refractivity contribution in [1.82, 2.24) is 10.0 Å². The first-order valence-electron chi connectivity index (χ1n) is 8.30. The molecule has 2 N–H and O–H groups in total. The van der Waals surface area contributed by atoms with E-state index in [9.17, 15) is 13.2 Å². The van der Waals surface area contributed by atoms with Crippen molar-refractivity contribution in [2.24, 2.45) is 0 Å². The number of nitrogens with one attached hydrogen (secondary N) is 2.